The van der Waals surface area contributed by atoms with Gasteiger partial charge in [-0.15, -0.1) is 18.9 Å². The van der Waals surface area contributed by atoms with E-state index in [0.717, 1.165) is 19.4 Å². The highest BCUT2D eigenvalue weighted by Crippen LogP contribution is 2.40. The van der Waals surface area contributed by atoms with Crippen LogP contribution in [0.4, 0.5) is 0 Å². The van der Waals surface area contributed by atoms with E-state index in [1.165, 1.54) is 0 Å². The summed E-state index contributed by atoms with van der Waals surface area (Å²) in [5.74, 6) is 3.63. The Bertz CT molecular complexity index is 518. The summed E-state index contributed by atoms with van der Waals surface area (Å²) in [4.78, 5) is 0. The molecule has 0 aromatic rings. The van der Waals surface area contributed by atoms with Gasteiger partial charge in [0.1, 0.15) is 0 Å². The highest BCUT2D eigenvalue weighted by molar-refractivity contribution is 6.74. The lowest BCUT2D eigenvalue weighted by Gasteiger charge is -2.42. The molecule has 0 aromatic heterocycles. The van der Waals surface area contributed by atoms with Gasteiger partial charge in [-0.3, -0.25) is 0 Å². The number of hydrogen-bond donors (Lipinski definition) is 0. The van der Waals surface area contributed by atoms with Crippen molar-refractivity contribution in [1.29, 1.82) is 0 Å². The van der Waals surface area contributed by atoms with E-state index >= 15 is 0 Å². The lowest BCUT2D eigenvalue weighted by atomic mass is 9.84. The second kappa shape index (κ2) is 10.6. The average molecular weight is 425 g/mol. The quantitative estimate of drug-likeness (QED) is 0.147. The molecule has 0 rings (SSSR count). The molecule has 164 valence electrons. The molecule has 0 aliphatic heterocycles. The standard InChI is InChI=1S/C24H48O2Si2/c1-14-17-22(26-28(12,13)24(7,8)9)21(20(3)15-2)18-16-19-25-27(10,11)23(4,5)6/h1,15,20-22H,2,16-19H2,3-13H3/t20-,21-,22-/m1/s1. The maximum absolute atomic E-state index is 6.80. The predicted octanol–water partition coefficient (Wildman–Crippen LogP) is 7.64. The van der Waals surface area contributed by atoms with Gasteiger partial charge in [-0.2, -0.15) is 0 Å². The van der Waals surface area contributed by atoms with Gasteiger partial charge < -0.3 is 8.85 Å². The van der Waals surface area contributed by atoms with Crippen LogP contribution in [0.15, 0.2) is 12.7 Å². The van der Waals surface area contributed by atoms with Crippen LogP contribution in [0.25, 0.3) is 0 Å². The van der Waals surface area contributed by atoms with Gasteiger partial charge in [0.15, 0.2) is 16.6 Å². The van der Waals surface area contributed by atoms with Crippen molar-refractivity contribution >= 4 is 16.6 Å². The first-order valence-corrected chi connectivity index (χ1v) is 16.7. The Morgan fingerprint density at radius 1 is 1.00 bits per heavy atom. The van der Waals surface area contributed by atoms with Crippen LogP contribution in [0, 0.1) is 24.2 Å². The molecule has 0 bridgehead atoms. The molecule has 0 saturated heterocycles. The summed E-state index contributed by atoms with van der Waals surface area (Å²) >= 11 is 0. The van der Waals surface area contributed by atoms with Gasteiger partial charge in [0.2, 0.25) is 0 Å². The average Bonchev–Trinajstić information content (AvgIpc) is 2.51. The molecule has 4 heteroatoms. The maximum Gasteiger partial charge on any atom is 0.192 e. The van der Waals surface area contributed by atoms with E-state index in [1.807, 2.05) is 0 Å². The first-order chi connectivity index (χ1) is 12.5. The van der Waals surface area contributed by atoms with Crippen molar-refractivity contribution in [2.24, 2.45) is 11.8 Å². The minimum atomic E-state index is -1.88. The fourth-order valence-electron chi connectivity index (χ4n) is 2.78. The van der Waals surface area contributed by atoms with E-state index in [2.05, 4.69) is 93.2 Å². The van der Waals surface area contributed by atoms with Crippen LogP contribution < -0.4 is 0 Å². The van der Waals surface area contributed by atoms with E-state index in [0.29, 0.717) is 18.3 Å². The molecule has 0 saturated carbocycles. The SMILES string of the molecule is C#CC[C@@H](O[Si](C)(C)C(C)(C)C)[C@H](CCCO[Si](C)(C)C(C)(C)C)[C@H](C)C=C. The van der Waals surface area contributed by atoms with Gasteiger partial charge in [0, 0.05) is 13.0 Å². The molecule has 28 heavy (non-hydrogen) atoms. The van der Waals surface area contributed by atoms with E-state index in [9.17, 15) is 0 Å². The van der Waals surface area contributed by atoms with Crippen LogP contribution in [0.1, 0.15) is 67.7 Å². The van der Waals surface area contributed by atoms with Crippen molar-refractivity contribution in [3.05, 3.63) is 12.7 Å². The summed E-state index contributed by atoms with van der Waals surface area (Å²) in [7, 11) is -3.58. The molecular formula is C24H48O2Si2. The maximum atomic E-state index is 6.80. The minimum Gasteiger partial charge on any atom is -0.417 e. The summed E-state index contributed by atoms with van der Waals surface area (Å²) in [5, 5.41) is 0.422. The fourth-order valence-corrected chi connectivity index (χ4v) is 5.23. The van der Waals surface area contributed by atoms with E-state index in [-0.39, 0.29) is 16.2 Å². The summed E-state index contributed by atoms with van der Waals surface area (Å²) < 4.78 is 13.2. The normalized spacial score (nSPS) is 16.9. The smallest absolute Gasteiger partial charge is 0.192 e. The van der Waals surface area contributed by atoms with Crippen LogP contribution in [-0.2, 0) is 8.85 Å². The van der Waals surface area contributed by atoms with Crippen LogP contribution in [-0.4, -0.2) is 29.3 Å². The Labute approximate surface area is 179 Å². The van der Waals surface area contributed by atoms with Crippen molar-refractivity contribution in [2.75, 3.05) is 6.61 Å². The van der Waals surface area contributed by atoms with Crippen molar-refractivity contribution in [3.63, 3.8) is 0 Å². The Hall–Kier alpha value is -0.346. The zero-order valence-electron chi connectivity index (χ0n) is 20.7. The summed E-state index contributed by atoms with van der Waals surface area (Å²) in [6.07, 6.45) is 10.6. The predicted molar refractivity (Wildman–Crippen MR) is 131 cm³/mol. The number of hydrogen-bond acceptors (Lipinski definition) is 2. The second-order valence-electron chi connectivity index (χ2n) is 11.3. The van der Waals surface area contributed by atoms with Crippen LogP contribution in [0.3, 0.4) is 0 Å². The Kier molecular flexibility index (Phi) is 10.5. The number of allylic oxidation sites excluding steroid dienone is 1. The summed E-state index contributed by atoms with van der Waals surface area (Å²) in [5.41, 5.74) is 0. The highest BCUT2D eigenvalue weighted by Gasteiger charge is 2.41. The summed E-state index contributed by atoms with van der Waals surface area (Å²) in [6, 6.07) is 0. The third-order valence-corrected chi connectivity index (χ3v) is 16.1. The largest absolute Gasteiger partial charge is 0.417 e. The number of rotatable bonds is 11. The van der Waals surface area contributed by atoms with Gasteiger partial charge >= 0.3 is 0 Å². The van der Waals surface area contributed by atoms with Crippen molar-refractivity contribution in [2.45, 2.75) is 110 Å². The minimum absolute atomic E-state index is 0.0896. The molecule has 0 unspecified atom stereocenters. The Morgan fingerprint density at radius 2 is 1.50 bits per heavy atom. The number of terminal acetylenes is 1. The molecule has 0 aliphatic rings. The van der Waals surface area contributed by atoms with Crippen molar-refractivity contribution in [1.82, 2.24) is 0 Å². The second-order valence-corrected chi connectivity index (χ2v) is 20.9. The molecule has 0 aromatic carbocycles. The third kappa shape index (κ3) is 8.18. The van der Waals surface area contributed by atoms with Crippen LogP contribution in [0.2, 0.25) is 36.3 Å². The first-order valence-electron chi connectivity index (χ1n) is 10.9. The lowest BCUT2D eigenvalue weighted by Crippen LogP contribution is -2.46. The molecular weight excluding hydrogens is 376 g/mol. The van der Waals surface area contributed by atoms with Gasteiger partial charge in [0.25, 0.3) is 0 Å². The Balaban J connectivity index is 5.21. The van der Waals surface area contributed by atoms with Crippen LogP contribution in [0.5, 0.6) is 0 Å². The van der Waals surface area contributed by atoms with Gasteiger partial charge in [-0.05, 0) is 60.9 Å². The molecule has 0 heterocycles. The molecule has 3 atom stereocenters. The van der Waals surface area contributed by atoms with E-state index in [1.54, 1.807) is 0 Å². The Morgan fingerprint density at radius 3 is 1.89 bits per heavy atom. The monoisotopic (exact) mass is 424 g/mol. The molecule has 0 aliphatic carbocycles. The topological polar surface area (TPSA) is 18.5 Å². The molecule has 0 spiro atoms. The van der Waals surface area contributed by atoms with Gasteiger partial charge in [-0.25, -0.2) is 0 Å². The zero-order chi connectivity index (χ0) is 22.4. The van der Waals surface area contributed by atoms with Crippen LogP contribution >= 0.6 is 0 Å². The molecule has 0 fully saturated rings. The molecule has 2 nitrogen and oxygen atoms in total. The van der Waals surface area contributed by atoms with E-state index < -0.39 is 16.6 Å². The fraction of sp³-hybridized carbons (Fsp3) is 0.833. The molecule has 0 amide bonds. The van der Waals surface area contributed by atoms with Crippen molar-refractivity contribution in [3.8, 4) is 12.3 Å². The van der Waals surface area contributed by atoms with E-state index in [4.69, 9.17) is 15.3 Å². The lowest BCUT2D eigenvalue weighted by molar-refractivity contribution is 0.0909. The van der Waals surface area contributed by atoms with Gasteiger partial charge in [0.05, 0.1) is 6.10 Å². The zero-order valence-corrected chi connectivity index (χ0v) is 22.7. The highest BCUT2D eigenvalue weighted by atomic mass is 28.4. The van der Waals surface area contributed by atoms with Crippen molar-refractivity contribution < 1.29 is 8.85 Å². The molecule has 0 radical (unpaired) electrons. The molecule has 0 N–H and O–H groups in total. The summed E-state index contributed by atoms with van der Waals surface area (Å²) in [6.45, 7) is 30.1. The van der Waals surface area contributed by atoms with Gasteiger partial charge in [-0.1, -0.05) is 54.5 Å². The first kappa shape index (κ1) is 27.7. The third-order valence-electron chi connectivity index (χ3n) is 7.05.